The zero-order chi connectivity index (χ0) is 9.40. The van der Waals surface area contributed by atoms with E-state index in [1.165, 1.54) is 0 Å². The van der Waals surface area contributed by atoms with Gasteiger partial charge >= 0.3 is 0 Å². The molecule has 70 valence electrons. The van der Waals surface area contributed by atoms with Gasteiger partial charge in [-0.2, -0.15) is 0 Å². The van der Waals surface area contributed by atoms with Crippen LogP contribution >= 0.6 is 0 Å². The molecule has 3 heteroatoms. The lowest BCUT2D eigenvalue weighted by atomic mass is 10.2. The molecule has 1 amide bonds. The van der Waals surface area contributed by atoms with Crippen molar-refractivity contribution in [1.82, 2.24) is 5.32 Å². The Kier molecular flexibility index (Phi) is 6.38. The van der Waals surface area contributed by atoms with Crippen molar-refractivity contribution < 1.29 is 9.90 Å². The third kappa shape index (κ3) is 5.92. The summed E-state index contributed by atoms with van der Waals surface area (Å²) < 4.78 is 0. The summed E-state index contributed by atoms with van der Waals surface area (Å²) >= 11 is 0. The quantitative estimate of drug-likeness (QED) is 0.582. The van der Waals surface area contributed by atoms with Crippen molar-refractivity contribution in [1.29, 1.82) is 0 Å². The van der Waals surface area contributed by atoms with Gasteiger partial charge in [-0.1, -0.05) is 6.08 Å². The Hall–Kier alpha value is -0.830. The van der Waals surface area contributed by atoms with Gasteiger partial charge in [0.15, 0.2) is 0 Å². The summed E-state index contributed by atoms with van der Waals surface area (Å²) in [4.78, 5) is 11.0. The van der Waals surface area contributed by atoms with Gasteiger partial charge in [0.2, 0.25) is 5.91 Å². The first kappa shape index (κ1) is 11.2. The van der Waals surface area contributed by atoms with Crippen LogP contribution in [0.25, 0.3) is 0 Å². The molecule has 0 fully saturated rings. The first-order valence-electron chi connectivity index (χ1n) is 4.21. The number of hydrogen-bond donors (Lipinski definition) is 2. The zero-order valence-corrected chi connectivity index (χ0v) is 7.55. The summed E-state index contributed by atoms with van der Waals surface area (Å²) in [6.45, 7) is 5.52. The molecule has 0 radical (unpaired) electrons. The van der Waals surface area contributed by atoms with Crippen molar-refractivity contribution in [3.05, 3.63) is 12.7 Å². The Morgan fingerprint density at radius 3 is 2.92 bits per heavy atom. The molecule has 1 unspecified atom stereocenters. The molecule has 0 aromatic carbocycles. The number of amides is 1. The molecule has 0 rings (SSSR count). The van der Waals surface area contributed by atoms with Crippen LogP contribution < -0.4 is 5.32 Å². The molecule has 0 aromatic heterocycles. The molecule has 1 atom stereocenters. The number of allylic oxidation sites excluding steroid dienone is 1. The maximum Gasteiger partial charge on any atom is 0.220 e. The number of nitrogens with one attached hydrogen (secondary N) is 1. The van der Waals surface area contributed by atoms with E-state index in [-0.39, 0.29) is 18.6 Å². The van der Waals surface area contributed by atoms with Crippen LogP contribution in [0.3, 0.4) is 0 Å². The van der Waals surface area contributed by atoms with E-state index in [2.05, 4.69) is 11.9 Å². The summed E-state index contributed by atoms with van der Waals surface area (Å²) in [7, 11) is 0. The fourth-order valence-electron chi connectivity index (χ4n) is 0.846. The zero-order valence-electron chi connectivity index (χ0n) is 7.55. The summed E-state index contributed by atoms with van der Waals surface area (Å²) in [5.41, 5.74) is 0. The topological polar surface area (TPSA) is 49.3 Å². The summed E-state index contributed by atoms with van der Waals surface area (Å²) in [6.07, 6.45) is 3.52. The molecular formula is C9H17NO2. The third-order valence-corrected chi connectivity index (χ3v) is 1.55. The van der Waals surface area contributed by atoms with Gasteiger partial charge in [0.1, 0.15) is 0 Å². The van der Waals surface area contributed by atoms with Crippen LogP contribution in [0.15, 0.2) is 12.7 Å². The Labute approximate surface area is 73.5 Å². The van der Waals surface area contributed by atoms with E-state index in [1.54, 1.807) is 6.08 Å². The minimum Gasteiger partial charge on any atom is -0.396 e. The standard InChI is InChI=1S/C9H17NO2/c1-3-4-5-9(12)10-8(2)6-7-11/h3,8,11H,1,4-7H2,2H3,(H,10,12). The molecule has 0 saturated carbocycles. The molecule has 12 heavy (non-hydrogen) atoms. The van der Waals surface area contributed by atoms with Gasteiger partial charge in [0.25, 0.3) is 0 Å². The van der Waals surface area contributed by atoms with Crippen LogP contribution in [-0.4, -0.2) is 23.7 Å². The van der Waals surface area contributed by atoms with Crippen LogP contribution in [0.2, 0.25) is 0 Å². The van der Waals surface area contributed by atoms with Crippen molar-refractivity contribution in [3.8, 4) is 0 Å². The van der Waals surface area contributed by atoms with E-state index in [1.807, 2.05) is 6.92 Å². The molecule has 3 nitrogen and oxygen atoms in total. The van der Waals surface area contributed by atoms with Gasteiger partial charge in [-0.15, -0.1) is 6.58 Å². The highest BCUT2D eigenvalue weighted by Gasteiger charge is 2.04. The van der Waals surface area contributed by atoms with Gasteiger partial charge in [0, 0.05) is 19.1 Å². The molecule has 2 N–H and O–H groups in total. The van der Waals surface area contributed by atoms with E-state index >= 15 is 0 Å². The number of hydrogen-bond acceptors (Lipinski definition) is 2. The van der Waals surface area contributed by atoms with E-state index < -0.39 is 0 Å². The molecule has 0 heterocycles. The van der Waals surface area contributed by atoms with Crippen molar-refractivity contribution in [2.45, 2.75) is 32.2 Å². The maximum absolute atomic E-state index is 11.0. The SMILES string of the molecule is C=CCCC(=O)NC(C)CCO. The number of aliphatic hydroxyl groups excluding tert-OH is 1. The van der Waals surface area contributed by atoms with Crippen molar-refractivity contribution in [2.75, 3.05) is 6.61 Å². The van der Waals surface area contributed by atoms with Crippen LogP contribution in [-0.2, 0) is 4.79 Å². The monoisotopic (exact) mass is 171 g/mol. The molecule has 0 aliphatic heterocycles. The Morgan fingerprint density at radius 1 is 1.75 bits per heavy atom. The van der Waals surface area contributed by atoms with E-state index in [0.29, 0.717) is 19.3 Å². The fraction of sp³-hybridized carbons (Fsp3) is 0.667. The van der Waals surface area contributed by atoms with Crippen LogP contribution in [0.5, 0.6) is 0 Å². The van der Waals surface area contributed by atoms with E-state index in [4.69, 9.17) is 5.11 Å². The molecule has 0 aromatic rings. The number of rotatable bonds is 6. The maximum atomic E-state index is 11.0. The summed E-state index contributed by atoms with van der Waals surface area (Å²) in [5, 5.41) is 11.3. The van der Waals surface area contributed by atoms with E-state index in [9.17, 15) is 4.79 Å². The summed E-state index contributed by atoms with van der Waals surface area (Å²) in [5.74, 6) is 0.0239. The lowest BCUT2D eigenvalue weighted by Crippen LogP contribution is -2.32. The highest BCUT2D eigenvalue weighted by molar-refractivity contribution is 5.76. The predicted molar refractivity (Wildman–Crippen MR) is 48.7 cm³/mol. The van der Waals surface area contributed by atoms with Crippen LogP contribution in [0.4, 0.5) is 0 Å². The smallest absolute Gasteiger partial charge is 0.220 e. The van der Waals surface area contributed by atoms with Gasteiger partial charge in [-0.3, -0.25) is 4.79 Å². The normalized spacial score (nSPS) is 12.2. The molecule has 0 aliphatic carbocycles. The first-order chi connectivity index (χ1) is 5.70. The second-order valence-electron chi connectivity index (χ2n) is 2.81. The third-order valence-electron chi connectivity index (χ3n) is 1.55. The molecule has 0 saturated heterocycles. The number of carbonyl (C=O) groups excluding carboxylic acids is 1. The largest absolute Gasteiger partial charge is 0.396 e. The Morgan fingerprint density at radius 2 is 2.42 bits per heavy atom. The van der Waals surface area contributed by atoms with E-state index in [0.717, 1.165) is 0 Å². The lowest BCUT2D eigenvalue weighted by molar-refractivity contribution is -0.121. The lowest BCUT2D eigenvalue weighted by Gasteiger charge is -2.11. The molecule has 0 bridgehead atoms. The van der Waals surface area contributed by atoms with Crippen molar-refractivity contribution in [3.63, 3.8) is 0 Å². The predicted octanol–water partition coefficient (Wildman–Crippen LogP) is 0.840. The molecule has 0 spiro atoms. The Bertz CT molecular complexity index is 145. The molecule has 0 aliphatic rings. The van der Waals surface area contributed by atoms with Gasteiger partial charge in [-0.25, -0.2) is 0 Å². The van der Waals surface area contributed by atoms with Crippen molar-refractivity contribution in [2.24, 2.45) is 0 Å². The summed E-state index contributed by atoms with van der Waals surface area (Å²) in [6, 6.07) is 0.0623. The van der Waals surface area contributed by atoms with Crippen LogP contribution in [0, 0.1) is 0 Å². The second-order valence-corrected chi connectivity index (χ2v) is 2.81. The highest BCUT2D eigenvalue weighted by atomic mass is 16.3. The molecular weight excluding hydrogens is 154 g/mol. The van der Waals surface area contributed by atoms with Crippen LogP contribution in [0.1, 0.15) is 26.2 Å². The first-order valence-corrected chi connectivity index (χ1v) is 4.21. The average molecular weight is 171 g/mol. The van der Waals surface area contributed by atoms with Gasteiger partial charge in [0.05, 0.1) is 0 Å². The Balaban J connectivity index is 3.46. The number of aliphatic hydroxyl groups is 1. The highest BCUT2D eigenvalue weighted by Crippen LogP contribution is 1.93. The minimum absolute atomic E-state index is 0.0239. The van der Waals surface area contributed by atoms with Gasteiger partial charge < -0.3 is 10.4 Å². The minimum atomic E-state index is 0.0239. The fourth-order valence-corrected chi connectivity index (χ4v) is 0.846. The van der Waals surface area contributed by atoms with Crippen molar-refractivity contribution >= 4 is 5.91 Å². The average Bonchev–Trinajstić information content (AvgIpc) is 2.01. The van der Waals surface area contributed by atoms with Gasteiger partial charge in [-0.05, 0) is 19.8 Å². The second kappa shape index (κ2) is 6.85. The number of carbonyl (C=O) groups is 1.